The normalized spacial score (nSPS) is 12.5. The highest BCUT2D eigenvalue weighted by molar-refractivity contribution is 7.09. The van der Waals surface area contributed by atoms with E-state index in [1.165, 1.54) is 10.9 Å². The molecule has 1 heterocycles. The SMILES string of the molecule is CCNCC(CCc1cccs1)c1cccc(F)c1. The van der Waals surface area contributed by atoms with E-state index in [4.69, 9.17) is 0 Å². The molecular weight excluding hydrogens is 257 g/mol. The van der Waals surface area contributed by atoms with Gasteiger partial charge in [0.15, 0.2) is 0 Å². The predicted octanol–water partition coefficient (Wildman–Crippen LogP) is 4.21. The summed E-state index contributed by atoms with van der Waals surface area (Å²) in [4.78, 5) is 1.40. The lowest BCUT2D eigenvalue weighted by molar-refractivity contribution is 0.556. The van der Waals surface area contributed by atoms with Crippen molar-refractivity contribution in [3.05, 3.63) is 58.0 Å². The van der Waals surface area contributed by atoms with Crippen LogP contribution in [0.4, 0.5) is 4.39 Å². The topological polar surface area (TPSA) is 12.0 Å². The van der Waals surface area contributed by atoms with Gasteiger partial charge < -0.3 is 5.32 Å². The molecule has 0 aliphatic carbocycles. The summed E-state index contributed by atoms with van der Waals surface area (Å²) in [6.45, 7) is 3.96. The molecular formula is C16H20FNS. The molecule has 19 heavy (non-hydrogen) atoms. The zero-order valence-corrected chi connectivity index (χ0v) is 12.0. The maximum atomic E-state index is 13.3. The van der Waals surface area contributed by atoms with Gasteiger partial charge in [-0.1, -0.05) is 25.1 Å². The van der Waals surface area contributed by atoms with Crippen LogP contribution in [0.3, 0.4) is 0 Å². The Bertz CT molecular complexity index is 481. The fourth-order valence-electron chi connectivity index (χ4n) is 2.24. The number of thiophene rings is 1. The molecule has 0 bridgehead atoms. The maximum absolute atomic E-state index is 13.3. The zero-order chi connectivity index (χ0) is 13.5. The van der Waals surface area contributed by atoms with Crippen LogP contribution in [0.2, 0.25) is 0 Å². The van der Waals surface area contributed by atoms with Gasteiger partial charge in [0.25, 0.3) is 0 Å². The van der Waals surface area contributed by atoms with Crippen molar-refractivity contribution in [2.24, 2.45) is 0 Å². The number of benzene rings is 1. The lowest BCUT2D eigenvalue weighted by atomic mass is 9.93. The molecule has 0 fully saturated rings. The molecule has 1 nitrogen and oxygen atoms in total. The summed E-state index contributed by atoms with van der Waals surface area (Å²) < 4.78 is 13.3. The first kappa shape index (κ1) is 14.2. The molecule has 0 aliphatic heterocycles. The summed E-state index contributed by atoms with van der Waals surface area (Å²) in [6, 6.07) is 11.2. The number of rotatable bonds is 7. The first-order valence-corrected chi connectivity index (χ1v) is 7.66. The summed E-state index contributed by atoms with van der Waals surface area (Å²) in [5, 5.41) is 5.49. The molecule has 1 atom stereocenters. The minimum Gasteiger partial charge on any atom is -0.316 e. The van der Waals surface area contributed by atoms with Crippen molar-refractivity contribution in [3.63, 3.8) is 0 Å². The van der Waals surface area contributed by atoms with E-state index >= 15 is 0 Å². The quantitative estimate of drug-likeness (QED) is 0.799. The van der Waals surface area contributed by atoms with Gasteiger partial charge in [-0.05, 0) is 54.4 Å². The Morgan fingerprint density at radius 3 is 2.84 bits per heavy atom. The van der Waals surface area contributed by atoms with Crippen LogP contribution in [-0.4, -0.2) is 13.1 Å². The van der Waals surface area contributed by atoms with Crippen molar-refractivity contribution in [2.45, 2.75) is 25.7 Å². The number of likely N-dealkylation sites (N-methyl/N-ethyl adjacent to an activating group) is 1. The van der Waals surface area contributed by atoms with Gasteiger partial charge in [-0.2, -0.15) is 0 Å². The van der Waals surface area contributed by atoms with Crippen LogP contribution >= 0.6 is 11.3 Å². The predicted molar refractivity (Wildman–Crippen MR) is 80.3 cm³/mol. The number of aryl methyl sites for hydroxylation is 1. The number of hydrogen-bond acceptors (Lipinski definition) is 2. The zero-order valence-electron chi connectivity index (χ0n) is 11.2. The van der Waals surface area contributed by atoms with Crippen LogP contribution < -0.4 is 5.32 Å². The standard InChI is InChI=1S/C16H20FNS/c1-2-18-12-14(8-9-16-7-4-10-19-16)13-5-3-6-15(17)11-13/h3-7,10-11,14,18H,2,8-9,12H2,1H3. The molecule has 1 unspecified atom stereocenters. The van der Waals surface area contributed by atoms with Gasteiger partial charge in [0.1, 0.15) is 5.82 Å². The fourth-order valence-corrected chi connectivity index (χ4v) is 2.96. The van der Waals surface area contributed by atoms with Gasteiger partial charge in [-0.15, -0.1) is 11.3 Å². The second-order valence-corrected chi connectivity index (χ2v) is 5.71. The van der Waals surface area contributed by atoms with E-state index in [0.717, 1.165) is 31.5 Å². The van der Waals surface area contributed by atoms with E-state index in [2.05, 4.69) is 29.8 Å². The average Bonchev–Trinajstić information content (AvgIpc) is 2.92. The summed E-state index contributed by atoms with van der Waals surface area (Å²) in [5.41, 5.74) is 1.09. The molecule has 0 saturated heterocycles. The Balaban J connectivity index is 2.02. The highest BCUT2D eigenvalue weighted by atomic mass is 32.1. The average molecular weight is 277 g/mol. The molecule has 0 radical (unpaired) electrons. The van der Waals surface area contributed by atoms with Crippen LogP contribution in [0.15, 0.2) is 41.8 Å². The van der Waals surface area contributed by atoms with Crippen molar-refractivity contribution >= 4 is 11.3 Å². The van der Waals surface area contributed by atoms with Crippen LogP contribution in [0.1, 0.15) is 29.7 Å². The van der Waals surface area contributed by atoms with Crippen molar-refractivity contribution < 1.29 is 4.39 Å². The summed E-state index contributed by atoms with van der Waals surface area (Å²) in [5.74, 6) is 0.230. The highest BCUT2D eigenvalue weighted by Gasteiger charge is 2.12. The first-order chi connectivity index (χ1) is 9.29. The highest BCUT2D eigenvalue weighted by Crippen LogP contribution is 2.23. The third-order valence-electron chi connectivity index (χ3n) is 3.28. The molecule has 0 saturated carbocycles. The number of nitrogens with one attached hydrogen (secondary N) is 1. The molecule has 2 rings (SSSR count). The molecule has 2 aromatic rings. The van der Waals surface area contributed by atoms with E-state index in [1.54, 1.807) is 23.5 Å². The van der Waals surface area contributed by atoms with Crippen molar-refractivity contribution in [1.29, 1.82) is 0 Å². The molecule has 102 valence electrons. The first-order valence-electron chi connectivity index (χ1n) is 6.78. The minimum absolute atomic E-state index is 0.143. The maximum Gasteiger partial charge on any atom is 0.123 e. The van der Waals surface area contributed by atoms with Crippen LogP contribution in [-0.2, 0) is 6.42 Å². The third kappa shape index (κ3) is 4.44. The lowest BCUT2D eigenvalue weighted by Crippen LogP contribution is -2.21. The Morgan fingerprint density at radius 1 is 1.26 bits per heavy atom. The molecule has 1 aromatic heterocycles. The van der Waals surface area contributed by atoms with Gasteiger partial charge in [-0.25, -0.2) is 4.39 Å². The van der Waals surface area contributed by atoms with Gasteiger partial charge in [0, 0.05) is 11.4 Å². The summed E-state index contributed by atoms with van der Waals surface area (Å²) in [6.07, 6.45) is 2.11. The number of hydrogen-bond donors (Lipinski definition) is 1. The van der Waals surface area contributed by atoms with E-state index in [0.29, 0.717) is 5.92 Å². The fraction of sp³-hybridized carbons (Fsp3) is 0.375. The van der Waals surface area contributed by atoms with E-state index in [9.17, 15) is 4.39 Å². The molecule has 1 aromatic carbocycles. The Hall–Kier alpha value is -1.19. The van der Waals surface area contributed by atoms with Crippen LogP contribution in [0.25, 0.3) is 0 Å². The molecule has 0 aliphatic rings. The van der Waals surface area contributed by atoms with Gasteiger partial charge in [0.05, 0.1) is 0 Å². The van der Waals surface area contributed by atoms with Crippen LogP contribution in [0.5, 0.6) is 0 Å². The molecule has 1 N–H and O–H groups in total. The molecule has 0 spiro atoms. The van der Waals surface area contributed by atoms with Crippen molar-refractivity contribution in [3.8, 4) is 0 Å². The van der Waals surface area contributed by atoms with Gasteiger partial charge in [0.2, 0.25) is 0 Å². The van der Waals surface area contributed by atoms with E-state index in [1.807, 2.05) is 6.07 Å². The van der Waals surface area contributed by atoms with Crippen LogP contribution in [0, 0.1) is 5.82 Å². The second kappa shape index (κ2) is 7.41. The van der Waals surface area contributed by atoms with Gasteiger partial charge >= 0.3 is 0 Å². The second-order valence-electron chi connectivity index (χ2n) is 4.68. The Labute approximate surface area is 118 Å². The Morgan fingerprint density at radius 2 is 2.16 bits per heavy atom. The van der Waals surface area contributed by atoms with Crippen molar-refractivity contribution in [1.82, 2.24) is 5.32 Å². The smallest absolute Gasteiger partial charge is 0.123 e. The van der Waals surface area contributed by atoms with Crippen molar-refractivity contribution in [2.75, 3.05) is 13.1 Å². The Kier molecular flexibility index (Phi) is 5.55. The largest absolute Gasteiger partial charge is 0.316 e. The summed E-state index contributed by atoms with van der Waals surface area (Å²) >= 11 is 1.79. The molecule has 0 amide bonds. The van der Waals surface area contributed by atoms with Gasteiger partial charge in [-0.3, -0.25) is 0 Å². The minimum atomic E-state index is -0.143. The molecule has 3 heteroatoms. The monoisotopic (exact) mass is 277 g/mol. The summed E-state index contributed by atoms with van der Waals surface area (Å²) in [7, 11) is 0. The van der Waals surface area contributed by atoms with E-state index < -0.39 is 0 Å². The lowest BCUT2D eigenvalue weighted by Gasteiger charge is -2.17. The van der Waals surface area contributed by atoms with E-state index in [-0.39, 0.29) is 5.82 Å². The number of halogens is 1. The third-order valence-corrected chi connectivity index (χ3v) is 4.22.